The van der Waals surface area contributed by atoms with E-state index in [-0.39, 0.29) is 24.0 Å². The summed E-state index contributed by atoms with van der Waals surface area (Å²) in [6.45, 7) is 3.30. The smallest absolute Gasteiger partial charge is 0.223 e. The number of methoxy groups -OCH3 is 1. The monoisotopic (exact) mass is 277 g/mol. The molecule has 0 radical (unpaired) electrons. The van der Waals surface area contributed by atoms with Gasteiger partial charge >= 0.3 is 0 Å². The standard InChI is InChI=1S/C16H23NO3/c1-13(14-6-4-3-5-7-14)17-11-16(8-9-18,12-20-2)10-15(17)19/h3-7,13,18H,8-12H2,1-2H3/t13-,16-/m1/s1. The molecule has 1 heterocycles. The molecule has 0 saturated carbocycles. The predicted octanol–water partition coefficient (Wildman–Crippen LogP) is 2.00. The van der Waals surface area contributed by atoms with E-state index in [4.69, 9.17) is 4.74 Å². The Labute approximate surface area is 120 Å². The molecule has 1 aromatic rings. The van der Waals surface area contributed by atoms with Crippen LogP contribution in [0.3, 0.4) is 0 Å². The fourth-order valence-electron chi connectivity index (χ4n) is 3.07. The van der Waals surface area contributed by atoms with Crippen LogP contribution in [0.4, 0.5) is 0 Å². The minimum Gasteiger partial charge on any atom is -0.396 e. The maximum Gasteiger partial charge on any atom is 0.223 e. The van der Waals surface area contributed by atoms with Crippen molar-refractivity contribution >= 4 is 5.91 Å². The lowest BCUT2D eigenvalue weighted by Gasteiger charge is -2.30. The third-order valence-electron chi connectivity index (χ3n) is 4.19. The first-order chi connectivity index (χ1) is 9.62. The van der Waals surface area contributed by atoms with Crippen molar-refractivity contribution in [3.05, 3.63) is 35.9 Å². The van der Waals surface area contributed by atoms with Crippen molar-refractivity contribution in [1.82, 2.24) is 4.90 Å². The third kappa shape index (κ3) is 3.02. The highest BCUT2D eigenvalue weighted by Gasteiger charge is 2.44. The zero-order valence-corrected chi connectivity index (χ0v) is 12.2. The van der Waals surface area contributed by atoms with Crippen LogP contribution in [-0.2, 0) is 9.53 Å². The Hall–Kier alpha value is -1.39. The number of hydrogen-bond acceptors (Lipinski definition) is 3. The summed E-state index contributed by atoms with van der Waals surface area (Å²) in [6, 6.07) is 10.1. The Bertz CT molecular complexity index is 440. The first kappa shape index (κ1) is 15.0. The van der Waals surface area contributed by atoms with Gasteiger partial charge in [-0.3, -0.25) is 4.79 Å². The van der Waals surface area contributed by atoms with Crippen molar-refractivity contribution in [2.75, 3.05) is 26.9 Å². The van der Waals surface area contributed by atoms with Crippen molar-refractivity contribution in [2.24, 2.45) is 5.41 Å². The second kappa shape index (κ2) is 6.37. The van der Waals surface area contributed by atoms with Gasteiger partial charge in [0.2, 0.25) is 5.91 Å². The van der Waals surface area contributed by atoms with Gasteiger partial charge in [0.15, 0.2) is 0 Å². The summed E-state index contributed by atoms with van der Waals surface area (Å²) in [5, 5.41) is 9.26. The van der Waals surface area contributed by atoms with Gasteiger partial charge in [-0.05, 0) is 18.9 Å². The molecule has 110 valence electrons. The lowest BCUT2D eigenvalue weighted by molar-refractivity contribution is -0.129. The number of hydrogen-bond donors (Lipinski definition) is 1. The average Bonchev–Trinajstić information content (AvgIpc) is 2.76. The van der Waals surface area contributed by atoms with E-state index in [0.717, 1.165) is 5.56 Å². The first-order valence-corrected chi connectivity index (χ1v) is 7.06. The number of benzene rings is 1. The van der Waals surface area contributed by atoms with Crippen LogP contribution < -0.4 is 0 Å². The number of ether oxygens (including phenoxy) is 1. The molecule has 2 atom stereocenters. The third-order valence-corrected chi connectivity index (χ3v) is 4.19. The van der Waals surface area contributed by atoms with Crippen LogP contribution in [0.2, 0.25) is 0 Å². The van der Waals surface area contributed by atoms with Gasteiger partial charge in [-0.1, -0.05) is 30.3 Å². The number of carbonyl (C=O) groups is 1. The molecule has 0 spiro atoms. The number of carbonyl (C=O) groups excluding carboxylic acids is 1. The number of aliphatic hydroxyl groups is 1. The summed E-state index contributed by atoms with van der Waals surface area (Å²) in [5.41, 5.74) is 0.891. The van der Waals surface area contributed by atoms with Gasteiger partial charge < -0.3 is 14.7 Å². The van der Waals surface area contributed by atoms with Crippen molar-refractivity contribution in [2.45, 2.75) is 25.8 Å². The molecular formula is C16H23NO3. The molecule has 1 aliphatic rings. The highest BCUT2D eigenvalue weighted by atomic mass is 16.5. The maximum absolute atomic E-state index is 12.3. The number of likely N-dealkylation sites (tertiary alicyclic amines) is 1. The van der Waals surface area contributed by atoms with Crippen LogP contribution in [0.5, 0.6) is 0 Å². The summed E-state index contributed by atoms with van der Waals surface area (Å²) in [6.07, 6.45) is 1.06. The number of rotatable bonds is 6. The van der Waals surface area contributed by atoms with Gasteiger partial charge in [-0.15, -0.1) is 0 Å². The predicted molar refractivity (Wildman–Crippen MR) is 77.2 cm³/mol. The van der Waals surface area contributed by atoms with Crippen molar-refractivity contribution in [1.29, 1.82) is 0 Å². The summed E-state index contributed by atoms with van der Waals surface area (Å²) < 4.78 is 5.27. The molecule has 0 bridgehead atoms. The molecule has 4 nitrogen and oxygen atoms in total. The Morgan fingerprint density at radius 2 is 2.10 bits per heavy atom. The molecule has 1 aliphatic heterocycles. The number of aliphatic hydroxyl groups excluding tert-OH is 1. The average molecular weight is 277 g/mol. The molecule has 1 N–H and O–H groups in total. The second-order valence-corrected chi connectivity index (χ2v) is 5.69. The molecule has 0 aliphatic carbocycles. The fraction of sp³-hybridized carbons (Fsp3) is 0.562. The Kier molecular flexibility index (Phi) is 4.78. The minimum absolute atomic E-state index is 0.0566. The number of nitrogens with zero attached hydrogens (tertiary/aromatic N) is 1. The lowest BCUT2D eigenvalue weighted by Crippen LogP contribution is -2.34. The molecule has 2 rings (SSSR count). The normalized spacial score (nSPS) is 24.1. The Morgan fingerprint density at radius 3 is 2.70 bits per heavy atom. The maximum atomic E-state index is 12.3. The highest BCUT2D eigenvalue weighted by molar-refractivity contribution is 5.80. The van der Waals surface area contributed by atoms with Crippen molar-refractivity contribution in [3.8, 4) is 0 Å². The Balaban J connectivity index is 2.15. The van der Waals surface area contributed by atoms with Gasteiger partial charge in [0.05, 0.1) is 12.6 Å². The molecule has 1 fully saturated rings. The second-order valence-electron chi connectivity index (χ2n) is 5.69. The van der Waals surface area contributed by atoms with Crippen molar-refractivity contribution in [3.63, 3.8) is 0 Å². The van der Waals surface area contributed by atoms with Crippen LogP contribution in [0.15, 0.2) is 30.3 Å². The van der Waals surface area contributed by atoms with E-state index in [0.29, 0.717) is 26.0 Å². The quantitative estimate of drug-likeness (QED) is 0.865. The molecule has 1 amide bonds. The van der Waals surface area contributed by atoms with Crippen LogP contribution in [0.1, 0.15) is 31.4 Å². The molecule has 4 heteroatoms. The topological polar surface area (TPSA) is 49.8 Å². The molecule has 1 saturated heterocycles. The van der Waals surface area contributed by atoms with E-state index in [1.807, 2.05) is 35.2 Å². The zero-order valence-electron chi connectivity index (χ0n) is 12.2. The first-order valence-electron chi connectivity index (χ1n) is 7.06. The van der Waals surface area contributed by atoms with Gasteiger partial charge in [0, 0.05) is 32.1 Å². The summed E-state index contributed by atoms with van der Waals surface area (Å²) in [4.78, 5) is 14.2. The van der Waals surface area contributed by atoms with E-state index in [2.05, 4.69) is 6.92 Å². The SMILES string of the molecule is COC[C@]1(CCO)CC(=O)N([C@H](C)c2ccccc2)C1. The molecule has 1 aromatic carbocycles. The van der Waals surface area contributed by atoms with E-state index >= 15 is 0 Å². The minimum atomic E-state index is -0.246. The lowest BCUT2D eigenvalue weighted by atomic mass is 9.84. The van der Waals surface area contributed by atoms with Crippen LogP contribution in [0.25, 0.3) is 0 Å². The highest BCUT2D eigenvalue weighted by Crippen LogP contribution is 2.39. The zero-order chi connectivity index (χ0) is 14.6. The summed E-state index contributed by atoms with van der Waals surface area (Å²) >= 11 is 0. The Morgan fingerprint density at radius 1 is 1.40 bits per heavy atom. The van der Waals surface area contributed by atoms with Crippen molar-refractivity contribution < 1.29 is 14.6 Å². The van der Waals surface area contributed by atoms with Gasteiger partial charge in [0.25, 0.3) is 0 Å². The fourth-order valence-corrected chi connectivity index (χ4v) is 3.07. The van der Waals surface area contributed by atoms with Gasteiger partial charge in [-0.2, -0.15) is 0 Å². The van der Waals surface area contributed by atoms with Gasteiger partial charge in [0.1, 0.15) is 0 Å². The van der Waals surface area contributed by atoms with E-state index in [1.165, 1.54) is 0 Å². The van der Waals surface area contributed by atoms with Crippen LogP contribution in [-0.4, -0.2) is 42.8 Å². The largest absolute Gasteiger partial charge is 0.396 e. The van der Waals surface area contributed by atoms with E-state index < -0.39 is 0 Å². The van der Waals surface area contributed by atoms with Gasteiger partial charge in [-0.25, -0.2) is 0 Å². The molecule has 0 aromatic heterocycles. The summed E-state index contributed by atoms with van der Waals surface area (Å²) in [5.74, 6) is 0.145. The molecular weight excluding hydrogens is 254 g/mol. The van der Waals surface area contributed by atoms with Crippen LogP contribution >= 0.6 is 0 Å². The summed E-state index contributed by atoms with van der Waals surface area (Å²) in [7, 11) is 1.65. The van der Waals surface area contributed by atoms with E-state index in [9.17, 15) is 9.90 Å². The molecule has 0 unspecified atom stereocenters. The number of amides is 1. The van der Waals surface area contributed by atoms with Crippen LogP contribution in [0, 0.1) is 5.41 Å². The molecule has 20 heavy (non-hydrogen) atoms. The van der Waals surface area contributed by atoms with E-state index in [1.54, 1.807) is 7.11 Å².